The van der Waals surface area contributed by atoms with E-state index in [1.807, 2.05) is 21.1 Å². The molecule has 0 radical (unpaired) electrons. The van der Waals surface area contributed by atoms with Crippen molar-refractivity contribution in [3.05, 3.63) is 72.9 Å². The molecule has 8 nitrogen and oxygen atoms in total. The number of phosphoric acid groups is 1. The molecule has 0 spiro atoms. The van der Waals surface area contributed by atoms with Crippen LogP contribution in [-0.4, -0.2) is 68.5 Å². The van der Waals surface area contributed by atoms with Gasteiger partial charge in [0, 0.05) is 6.42 Å². The largest absolute Gasteiger partial charge is 0.756 e. The minimum atomic E-state index is -4.58. The molecule has 0 aliphatic rings. The molecule has 474 valence electrons. The Kier molecular flexibility index (Phi) is 60.9. The second kappa shape index (κ2) is 62.5. The Morgan fingerprint density at radius 1 is 0.444 bits per heavy atom. The molecule has 3 unspecified atom stereocenters. The number of aliphatic hydroxyl groups is 1. The van der Waals surface area contributed by atoms with Gasteiger partial charge < -0.3 is 28.8 Å². The van der Waals surface area contributed by atoms with Crippen LogP contribution in [0.15, 0.2) is 72.9 Å². The Labute approximate surface area is 504 Å². The quantitative estimate of drug-likeness (QED) is 0.0272. The lowest BCUT2D eigenvalue weighted by molar-refractivity contribution is -0.870. The van der Waals surface area contributed by atoms with E-state index >= 15 is 0 Å². The lowest BCUT2D eigenvalue weighted by atomic mass is 10.0. The third-order valence-electron chi connectivity index (χ3n) is 15.7. The Balaban J connectivity index is 3.91. The van der Waals surface area contributed by atoms with Crippen molar-refractivity contribution in [3.63, 3.8) is 0 Å². The lowest BCUT2D eigenvalue weighted by Crippen LogP contribution is -2.46. The normalized spacial score (nSPS) is 14.1. The molecule has 0 saturated heterocycles. The first-order valence-electron chi connectivity index (χ1n) is 34.8. The highest BCUT2D eigenvalue weighted by Gasteiger charge is 2.24. The fourth-order valence-electron chi connectivity index (χ4n) is 10.3. The SMILES string of the molecule is CC/C=C\C/C=C\C/C=C\C/C=C\C/C=C\C/C=C\CCCCCCCCCCCCCCCCCCCCCCCCC(=O)NC(COP(=O)([O-])OCC[N+](C)(C)C)C(O)CCCCCCCCCCCCCCCCCCCC. The van der Waals surface area contributed by atoms with Crippen LogP contribution in [0.1, 0.15) is 328 Å². The van der Waals surface area contributed by atoms with E-state index in [4.69, 9.17) is 9.05 Å². The van der Waals surface area contributed by atoms with Gasteiger partial charge in [-0.15, -0.1) is 0 Å². The first kappa shape index (κ1) is 78.9. The number of phosphoric ester groups is 1. The predicted octanol–water partition coefficient (Wildman–Crippen LogP) is 21.5. The van der Waals surface area contributed by atoms with Gasteiger partial charge in [-0.1, -0.05) is 331 Å². The van der Waals surface area contributed by atoms with E-state index in [9.17, 15) is 19.4 Å². The maximum absolute atomic E-state index is 13.0. The molecular formula is C72H135N2O6P. The standard InChI is InChI=1S/C72H135N2O6P/c1-6-8-10-12-14-16-18-20-22-24-26-27-28-29-30-31-32-33-34-35-36-37-38-39-40-41-42-43-44-45-46-47-48-50-52-54-56-58-60-62-64-66-72(76)73-70(69-80-81(77,78)79-68-67-74(3,4)5)71(75)65-63-61-59-57-55-53-51-49-25-23-21-19-17-15-13-11-9-7-2/h8,10,14,16,20,22,26-27,29-30,32-33,70-71,75H,6-7,9,11-13,15,17-19,21,23-25,28,31,34-69H2,1-5H3,(H-,73,76,77,78)/b10-8-,16-14-,22-20-,27-26-,30-29-,33-32-. The van der Waals surface area contributed by atoms with Gasteiger partial charge in [-0.2, -0.15) is 0 Å². The van der Waals surface area contributed by atoms with Crippen molar-refractivity contribution in [1.82, 2.24) is 5.32 Å². The maximum atomic E-state index is 13.0. The number of aliphatic hydroxyl groups excluding tert-OH is 1. The van der Waals surface area contributed by atoms with E-state index < -0.39 is 20.0 Å². The highest BCUT2D eigenvalue weighted by Crippen LogP contribution is 2.38. The van der Waals surface area contributed by atoms with E-state index in [0.29, 0.717) is 23.9 Å². The second-order valence-electron chi connectivity index (χ2n) is 24.9. The molecule has 0 rings (SSSR count). The molecule has 0 aromatic heterocycles. The zero-order valence-electron chi connectivity index (χ0n) is 54.2. The summed E-state index contributed by atoms with van der Waals surface area (Å²) < 4.78 is 23.5. The number of nitrogens with one attached hydrogen (secondary N) is 1. The van der Waals surface area contributed by atoms with Crippen molar-refractivity contribution >= 4 is 13.7 Å². The van der Waals surface area contributed by atoms with Crippen molar-refractivity contribution in [2.75, 3.05) is 40.9 Å². The Bertz CT molecular complexity index is 1550. The fourth-order valence-corrected chi connectivity index (χ4v) is 11.1. The van der Waals surface area contributed by atoms with E-state index in [1.54, 1.807) is 0 Å². The smallest absolute Gasteiger partial charge is 0.268 e. The van der Waals surface area contributed by atoms with E-state index in [2.05, 4.69) is 92.1 Å². The molecule has 2 N–H and O–H groups in total. The zero-order chi connectivity index (χ0) is 59.1. The van der Waals surface area contributed by atoms with Crippen molar-refractivity contribution in [1.29, 1.82) is 0 Å². The molecule has 0 aromatic carbocycles. The minimum Gasteiger partial charge on any atom is -0.756 e. The number of amides is 1. The summed E-state index contributed by atoms with van der Waals surface area (Å²) in [5, 5.41) is 14.1. The summed E-state index contributed by atoms with van der Waals surface area (Å²) in [4.78, 5) is 25.6. The average molecular weight is 1160 g/mol. The molecule has 0 heterocycles. The summed E-state index contributed by atoms with van der Waals surface area (Å²) in [6, 6.07) is -0.801. The van der Waals surface area contributed by atoms with Crippen LogP contribution in [0.3, 0.4) is 0 Å². The molecule has 0 aliphatic carbocycles. The van der Waals surface area contributed by atoms with Gasteiger partial charge in [0.2, 0.25) is 5.91 Å². The molecule has 0 fully saturated rings. The van der Waals surface area contributed by atoms with Gasteiger partial charge in [0.1, 0.15) is 13.2 Å². The van der Waals surface area contributed by atoms with Crippen LogP contribution < -0.4 is 10.2 Å². The topological polar surface area (TPSA) is 108 Å². The summed E-state index contributed by atoms with van der Waals surface area (Å²) in [6.07, 6.45) is 86.9. The Morgan fingerprint density at radius 3 is 1.10 bits per heavy atom. The molecule has 0 saturated carbocycles. The highest BCUT2D eigenvalue weighted by atomic mass is 31.2. The number of hydrogen-bond acceptors (Lipinski definition) is 6. The summed E-state index contributed by atoms with van der Waals surface area (Å²) in [5.74, 6) is -0.159. The summed E-state index contributed by atoms with van der Waals surface area (Å²) >= 11 is 0. The van der Waals surface area contributed by atoms with Crippen LogP contribution in [-0.2, 0) is 18.4 Å². The van der Waals surface area contributed by atoms with Crippen LogP contribution in [0.25, 0.3) is 0 Å². The van der Waals surface area contributed by atoms with E-state index in [0.717, 1.165) is 77.0 Å². The average Bonchev–Trinajstić information content (AvgIpc) is 3.43. The summed E-state index contributed by atoms with van der Waals surface area (Å²) in [7, 11) is 1.32. The number of nitrogens with zero attached hydrogens (tertiary/aromatic N) is 1. The van der Waals surface area contributed by atoms with Crippen molar-refractivity contribution in [2.45, 2.75) is 341 Å². The van der Waals surface area contributed by atoms with Crippen molar-refractivity contribution in [2.24, 2.45) is 0 Å². The third-order valence-corrected chi connectivity index (χ3v) is 16.7. The molecule has 0 aliphatic heterocycles. The molecular weight excluding hydrogens is 1020 g/mol. The van der Waals surface area contributed by atoms with Gasteiger partial charge in [-0.25, -0.2) is 0 Å². The number of quaternary nitrogens is 1. The number of carbonyl (C=O) groups excluding carboxylic acids is 1. The van der Waals surface area contributed by atoms with Crippen molar-refractivity contribution < 1.29 is 32.9 Å². The van der Waals surface area contributed by atoms with Gasteiger partial charge >= 0.3 is 0 Å². The van der Waals surface area contributed by atoms with Crippen LogP contribution in [0, 0.1) is 0 Å². The lowest BCUT2D eigenvalue weighted by Gasteiger charge is -2.30. The van der Waals surface area contributed by atoms with Gasteiger partial charge in [0.15, 0.2) is 0 Å². The first-order chi connectivity index (χ1) is 39.5. The minimum absolute atomic E-state index is 0.0131. The Hall–Kier alpha value is -2.06. The van der Waals surface area contributed by atoms with Crippen molar-refractivity contribution in [3.8, 4) is 0 Å². The number of likely N-dealkylation sites (N-methyl/N-ethyl adjacent to an activating group) is 1. The molecule has 9 heteroatoms. The molecule has 1 amide bonds. The van der Waals surface area contributed by atoms with Crippen LogP contribution >= 0.6 is 7.82 Å². The number of unbranched alkanes of at least 4 members (excludes halogenated alkanes) is 39. The van der Waals surface area contributed by atoms with Gasteiger partial charge in [0.05, 0.1) is 39.9 Å². The zero-order valence-corrected chi connectivity index (χ0v) is 55.1. The Morgan fingerprint density at radius 2 is 0.753 bits per heavy atom. The predicted molar refractivity (Wildman–Crippen MR) is 353 cm³/mol. The van der Waals surface area contributed by atoms with Gasteiger partial charge in [-0.05, 0) is 64.2 Å². The van der Waals surface area contributed by atoms with Crippen LogP contribution in [0.2, 0.25) is 0 Å². The molecule has 3 atom stereocenters. The van der Waals surface area contributed by atoms with Crippen LogP contribution in [0.4, 0.5) is 0 Å². The monoisotopic (exact) mass is 1160 g/mol. The fraction of sp³-hybridized carbons (Fsp3) is 0.819. The number of rotatable bonds is 64. The number of allylic oxidation sites excluding steroid dienone is 12. The first-order valence-corrected chi connectivity index (χ1v) is 36.2. The van der Waals surface area contributed by atoms with E-state index in [-0.39, 0.29) is 19.1 Å². The van der Waals surface area contributed by atoms with E-state index in [1.165, 1.54) is 225 Å². The summed E-state index contributed by atoms with van der Waals surface area (Å²) in [5.41, 5.74) is 0. The third kappa shape index (κ3) is 65.3. The number of hydrogen-bond donors (Lipinski definition) is 2. The maximum Gasteiger partial charge on any atom is 0.268 e. The van der Waals surface area contributed by atoms with Crippen LogP contribution in [0.5, 0.6) is 0 Å². The molecule has 0 aromatic rings. The highest BCUT2D eigenvalue weighted by molar-refractivity contribution is 7.45. The number of carbonyl (C=O) groups is 1. The van der Waals surface area contributed by atoms with Gasteiger partial charge in [-0.3, -0.25) is 9.36 Å². The summed E-state index contributed by atoms with van der Waals surface area (Å²) in [6.45, 7) is 4.65. The van der Waals surface area contributed by atoms with Gasteiger partial charge in [0.25, 0.3) is 7.82 Å². The molecule has 0 bridgehead atoms. The molecule has 81 heavy (non-hydrogen) atoms. The second-order valence-corrected chi connectivity index (χ2v) is 26.3.